The third-order valence-electron chi connectivity index (χ3n) is 9.14. The van der Waals surface area contributed by atoms with Crippen LogP contribution in [-0.2, 0) is 10.2 Å². The Morgan fingerprint density at radius 3 is 2.46 bits per heavy atom. The molecular formula is C30H34ClF2N5O3. The van der Waals surface area contributed by atoms with Gasteiger partial charge in [-0.1, -0.05) is 29.8 Å². The van der Waals surface area contributed by atoms with Gasteiger partial charge in [0.2, 0.25) is 5.91 Å². The fourth-order valence-corrected chi connectivity index (χ4v) is 7.08. The van der Waals surface area contributed by atoms with Gasteiger partial charge in [-0.05, 0) is 68.6 Å². The number of carbonyl (C=O) groups excluding carboxylic acids is 3. The smallest absolute Gasteiger partial charge is 0.320 e. The number of benzene rings is 1. The maximum atomic E-state index is 13.9. The number of hydrogen-bond acceptors (Lipinski definition) is 4. The number of aromatic nitrogens is 1. The van der Waals surface area contributed by atoms with Gasteiger partial charge in [0.05, 0.1) is 10.6 Å². The summed E-state index contributed by atoms with van der Waals surface area (Å²) in [6.45, 7) is 2.96. The molecule has 1 aliphatic carbocycles. The van der Waals surface area contributed by atoms with E-state index < -0.39 is 23.4 Å². The number of rotatable bonds is 5. The Hall–Kier alpha value is -3.27. The quantitative estimate of drug-likeness (QED) is 0.525. The molecule has 1 aromatic carbocycles. The molecule has 0 unspecified atom stereocenters. The number of hydrogen-bond donors (Lipinski definition) is 1. The van der Waals surface area contributed by atoms with Crippen LogP contribution in [0.3, 0.4) is 0 Å². The van der Waals surface area contributed by atoms with Crippen molar-refractivity contribution < 1.29 is 23.2 Å². The first-order valence-corrected chi connectivity index (χ1v) is 14.8. The Morgan fingerprint density at radius 1 is 1.05 bits per heavy atom. The van der Waals surface area contributed by atoms with Crippen LogP contribution in [0.2, 0.25) is 5.02 Å². The van der Waals surface area contributed by atoms with Gasteiger partial charge < -0.3 is 20.0 Å². The Morgan fingerprint density at radius 2 is 1.76 bits per heavy atom. The van der Waals surface area contributed by atoms with Crippen LogP contribution in [0, 0.1) is 5.92 Å². The first kappa shape index (κ1) is 27.9. The summed E-state index contributed by atoms with van der Waals surface area (Å²) in [6, 6.07) is 9.01. The zero-order valence-electron chi connectivity index (χ0n) is 22.8. The standard InChI is InChI=1S/C30H34ClF2N5O3/c31-20-14-22(25(26(32)33)34-15-20)27(39)35-21-10-8-19(9-11-21)16-38-24-7-3-2-6-23(24)30(28(38)40)17-37(18-30)29(41)36-12-4-1-5-13-36/h2-3,6-7,14-15,19,21,26H,1,4-5,8-13,16-18H2,(H,35,39). The van der Waals surface area contributed by atoms with Crippen molar-refractivity contribution in [3.05, 3.63) is 58.4 Å². The molecule has 1 spiro atoms. The van der Waals surface area contributed by atoms with Crippen LogP contribution in [0.4, 0.5) is 19.3 Å². The molecule has 6 rings (SSSR count). The highest BCUT2D eigenvalue weighted by Gasteiger charge is 2.59. The largest absolute Gasteiger partial charge is 0.349 e. The second-order valence-corrected chi connectivity index (χ2v) is 12.2. The van der Waals surface area contributed by atoms with Crippen molar-refractivity contribution in [2.75, 3.05) is 37.6 Å². The molecule has 1 saturated carbocycles. The third kappa shape index (κ3) is 5.15. The predicted octanol–water partition coefficient (Wildman–Crippen LogP) is 5.17. The predicted molar refractivity (Wildman–Crippen MR) is 150 cm³/mol. The number of halogens is 3. The highest BCUT2D eigenvalue weighted by Crippen LogP contribution is 2.48. The molecule has 41 heavy (non-hydrogen) atoms. The van der Waals surface area contributed by atoms with Gasteiger partial charge in [0, 0.05) is 50.6 Å². The molecule has 4 heterocycles. The fourth-order valence-electron chi connectivity index (χ4n) is 6.93. The first-order chi connectivity index (χ1) is 19.8. The van der Waals surface area contributed by atoms with Gasteiger partial charge in [0.1, 0.15) is 11.1 Å². The van der Waals surface area contributed by atoms with E-state index in [0.29, 0.717) is 32.5 Å². The molecule has 3 aliphatic heterocycles. The van der Waals surface area contributed by atoms with Gasteiger partial charge in [0.25, 0.3) is 12.3 Å². The van der Waals surface area contributed by atoms with Gasteiger partial charge in [-0.15, -0.1) is 0 Å². The number of likely N-dealkylation sites (tertiary alicyclic amines) is 2. The summed E-state index contributed by atoms with van der Waals surface area (Å²) in [7, 11) is 0. The molecule has 11 heteroatoms. The number of nitrogens with one attached hydrogen (secondary N) is 1. The monoisotopic (exact) mass is 585 g/mol. The van der Waals surface area contributed by atoms with Crippen LogP contribution >= 0.6 is 11.6 Å². The number of amides is 4. The van der Waals surface area contributed by atoms with Crippen molar-refractivity contribution in [1.29, 1.82) is 0 Å². The Bertz CT molecular complexity index is 1340. The topological polar surface area (TPSA) is 85.8 Å². The molecule has 2 aromatic rings. The van der Waals surface area contributed by atoms with Gasteiger partial charge in [0.15, 0.2) is 0 Å². The number of carbonyl (C=O) groups is 3. The van der Waals surface area contributed by atoms with Crippen molar-refractivity contribution in [1.82, 2.24) is 20.1 Å². The average molecular weight is 586 g/mol. The summed E-state index contributed by atoms with van der Waals surface area (Å²) >= 11 is 5.91. The number of anilines is 1. The van der Waals surface area contributed by atoms with Gasteiger partial charge >= 0.3 is 6.03 Å². The maximum absolute atomic E-state index is 13.9. The Balaban J connectivity index is 1.07. The van der Waals surface area contributed by atoms with E-state index in [4.69, 9.17) is 11.6 Å². The average Bonchev–Trinajstić information content (AvgIpc) is 3.20. The minimum atomic E-state index is -2.88. The number of pyridine rings is 1. The minimum Gasteiger partial charge on any atom is -0.349 e. The number of nitrogens with zero attached hydrogens (tertiary/aromatic N) is 4. The van der Waals surface area contributed by atoms with Crippen LogP contribution in [0.15, 0.2) is 36.5 Å². The van der Waals surface area contributed by atoms with Crippen molar-refractivity contribution >= 4 is 35.1 Å². The fraction of sp³-hybridized carbons (Fsp3) is 0.533. The van der Waals surface area contributed by atoms with Crippen LogP contribution in [0.5, 0.6) is 0 Å². The third-order valence-corrected chi connectivity index (χ3v) is 9.35. The number of para-hydroxylation sites is 1. The highest BCUT2D eigenvalue weighted by atomic mass is 35.5. The zero-order valence-corrected chi connectivity index (χ0v) is 23.6. The summed E-state index contributed by atoms with van der Waals surface area (Å²) < 4.78 is 26.7. The number of fused-ring (bicyclic) bond motifs is 2. The van der Waals surface area contributed by atoms with E-state index in [1.807, 2.05) is 39.0 Å². The van der Waals surface area contributed by atoms with Crippen LogP contribution in [0.1, 0.15) is 73.0 Å². The maximum Gasteiger partial charge on any atom is 0.320 e. The Kier molecular flexibility index (Phi) is 7.61. The molecule has 0 atom stereocenters. The molecule has 4 amide bonds. The summed E-state index contributed by atoms with van der Waals surface area (Å²) in [6.07, 6.45) is 4.39. The normalized spacial score (nSPS) is 23.5. The van der Waals surface area contributed by atoms with Gasteiger partial charge in [-0.25, -0.2) is 13.6 Å². The summed E-state index contributed by atoms with van der Waals surface area (Å²) in [4.78, 5) is 49.0. The molecule has 3 fully saturated rings. The van der Waals surface area contributed by atoms with Crippen LogP contribution in [-0.4, -0.2) is 71.4 Å². The van der Waals surface area contributed by atoms with Crippen LogP contribution < -0.4 is 10.2 Å². The molecule has 2 saturated heterocycles. The molecule has 0 radical (unpaired) electrons. The lowest BCUT2D eigenvalue weighted by Crippen LogP contribution is -2.67. The van der Waals surface area contributed by atoms with Gasteiger partial charge in [-0.2, -0.15) is 0 Å². The van der Waals surface area contributed by atoms with E-state index >= 15 is 0 Å². The van der Waals surface area contributed by atoms with E-state index in [0.717, 1.165) is 62.6 Å². The van der Waals surface area contributed by atoms with E-state index in [-0.39, 0.29) is 34.5 Å². The van der Waals surface area contributed by atoms with E-state index in [9.17, 15) is 23.2 Å². The van der Waals surface area contributed by atoms with Crippen molar-refractivity contribution in [2.24, 2.45) is 5.92 Å². The molecule has 1 N–H and O–H groups in total. The van der Waals surface area contributed by atoms with Crippen molar-refractivity contribution in [2.45, 2.75) is 62.8 Å². The van der Waals surface area contributed by atoms with E-state index in [2.05, 4.69) is 10.3 Å². The summed E-state index contributed by atoms with van der Waals surface area (Å²) in [5, 5.41) is 3.00. The lowest BCUT2D eigenvalue weighted by molar-refractivity contribution is -0.128. The lowest BCUT2D eigenvalue weighted by atomic mass is 9.74. The first-order valence-electron chi connectivity index (χ1n) is 14.5. The molecule has 0 bridgehead atoms. The summed E-state index contributed by atoms with van der Waals surface area (Å²) in [5.41, 5.74) is 0.464. The second-order valence-electron chi connectivity index (χ2n) is 11.8. The molecule has 1 aromatic heterocycles. The minimum absolute atomic E-state index is 0.0358. The van der Waals surface area contributed by atoms with E-state index in [1.165, 1.54) is 6.07 Å². The van der Waals surface area contributed by atoms with Crippen molar-refractivity contribution in [3.63, 3.8) is 0 Å². The lowest BCUT2D eigenvalue weighted by Gasteiger charge is -2.48. The van der Waals surface area contributed by atoms with Gasteiger partial charge in [-0.3, -0.25) is 14.6 Å². The zero-order chi connectivity index (χ0) is 28.7. The second kappa shape index (κ2) is 11.2. The Labute approximate surface area is 243 Å². The molecular weight excluding hydrogens is 552 g/mol. The summed E-state index contributed by atoms with van der Waals surface area (Å²) in [5.74, 6) is -0.297. The van der Waals surface area contributed by atoms with Crippen LogP contribution in [0.25, 0.3) is 0 Å². The number of urea groups is 1. The molecule has 8 nitrogen and oxygen atoms in total. The molecule has 218 valence electrons. The van der Waals surface area contributed by atoms with Crippen molar-refractivity contribution in [3.8, 4) is 0 Å². The molecule has 4 aliphatic rings. The highest BCUT2D eigenvalue weighted by molar-refractivity contribution is 6.30. The number of alkyl halides is 2. The number of piperidine rings is 1. The SMILES string of the molecule is O=C(NC1CCC(CN2C(=O)C3(CN(C(=O)N4CCCCC4)C3)c3ccccc32)CC1)c1cc(Cl)cnc1C(F)F. The van der Waals surface area contributed by atoms with E-state index in [1.54, 1.807) is 0 Å².